The number of hydrogen-bond acceptors (Lipinski definition) is 6. The summed E-state index contributed by atoms with van der Waals surface area (Å²) in [7, 11) is 2.72. The van der Waals surface area contributed by atoms with Gasteiger partial charge in [-0.25, -0.2) is 4.79 Å². The zero-order valence-corrected chi connectivity index (χ0v) is 20.3. The van der Waals surface area contributed by atoms with E-state index >= 15 is 0 Å². The van der Waals surface area contributed by atoms with E-state index in [1.165, 1.54) is 32.4 Å². The first-order valence-corrected chi connectivity index (χ1v) is 11.7. The summed E-state index contributed by atoms with van der Waals surface area (Å²) >= 11 is 6.23. The first-order chi connectivity index (χ1) is 16.6. The lowest BCUT2D eigenvalue weighted by Crippen LogP contribution is -2.56. The Balaban J connectivity index is 1.72. The number of alkyl halides is 2. The van der Waals surface area contributed by atoms with Crippen molar-refractivity contribution in [3.8, 4) is 28.4 Å². The summed E-state index contributed by atoms with van der Waals surface area (Å²) in [6, 6.07) is 7.26. The number of amides is 1. The van der Waals surface area contributed by atoms with Crippen molar-refractivity contribution in [2.75, 3.05) is 14.2 Å². The molecule has 1 N–H and O–H groups in total. The van der Waals surface area contributed by atoms with E-state index in [9.17, 15) is 18.4 Å². The predicted molar refractivity (Wildman–Crippen MR) is 124 cm³/mol. The number of fused-ring (bicyclic) bond motifs is 1. The van der Waals surface area contributed by atoms with Crippen LogP contribution in [0.4, 0.5) is 8.78 Å². The van der Waals surface area contributed by atoms with Gasteiger partial charge in [0, 0.05) is 11.1 Å². The molecule has 0 unspecified atom stereocenters. The van der Waals surface area contributed by atoms with E-state index < -0.39 is 23.7 Å². The number of carbonyl (C=O) groups excluding carboxylic acids is 2. The van der Waals surface area contributed by atoms with Crippen molar-refractivity contribution >= 4 is 23.5 Å². The smallest absolute Gasteiger partial charge is 0.495 e. The topological polar surface area (TPSA) is 83.1 Å². The standard InChI is InChI=1S/C25H26ClF2NO6/c1-4-14-7-9-24(10-8-14,23(31)33-3)29-22(30)16-11-17(15-5-6-19(32-2)18(26)12-15)21-20(13-16)34-25(27,28)35-21/h5-6,11-14H,4,7-10H2,1-3H3,(H,29,30)/t14-,24-. The third-order valence-electron chi connectivity index (χ3n) is 6.69. The molecule has 0 aromatic heterocycles. The molecule has 2 aliphatic rings. The Hall–Kier alpha value is -3.07. The van der Waals surface area contributed by atoms with E-state index in [0.29, 0.717) is 30.1 Å². The number of benzene rings is 2. The Morgan fingerprint density at radius 2 is 1.86 bits per heavy atom. The highest BCUT2D eigenvalue weighted by molar-refractivity contribution is 6.32. The van der Waals surface area contributed by atoms with Gasteiger partial charge >= 0.3 is 12.3 Å². The van der Waals surface area contributed by atoms with Crippen molar-refractivity contribution in [1.82, 2.24) is 5.32 Å². The number of halogens is 3. The van der Waals surface area contributed by atoms with E-state index in [4.69, 9.17) is 25.8 Å². The molecule has 0 spiro atoms. The quantitative estimate of drug-likeness (QED) is 0.512. The summed E-state index contributed by atoms with van der Waals surface area (Å²) < 4.78 is 47.5. The maximum atomic E-state index is 14.0. The normalized spacial score (nSPS) is 22.4. The average molecular weight is 510 g/mol. The molecule has 0 bridgehead atoms. The minimum Gasteiger partial charge on any atom is -0.495 e. The fourth-order valence-corrected chi connectivity index (χ4v) is 4.93. The Bertz CT molecular complexity index is 1150. The van der Waals surface area contributed by atoms with Crippen LogP contribution in [0.2, 0.25) is 5.02 Å². The van der Waals surface area contributed by atoms with Gasteiger partial charge in [-0.05, 0) is 61.4 Å². The van der Waals surface area contributed by atoms with Crippen LogP contribution in [-0.4, -0.2) is 37.9 Å². The van der Waals surface area contributed by atoms with Crippen LogP contribution < -0.4 is 19.5 Å². The molecule has 1 amide bonds. The van der Waals surface area contributed by atoms with Gasteiger partial charge in [-0.1, -0.05) is 31.0 Å². The SMILES string of the molecule is CC[C@H]1CC[C@@](NC(=O)c2cc3c(c(-c4ccc(OC)c(Cl)c4)c2)OC(F)(F)O3)(C(=O)OC)CC1. The van der Waals surface area contributed by atoms with Gasteiger partial charge in [-0.2, -0.15) is 0 Å². The number of ether oxygens (including phenoxy) is 4. The molecule has 35 heavy (non-hydrogen) atoms. The van der Waals surface area contributed by atoms with Gasteiger partial charge in [-0.15, -0.1) is 8.78 Å². The molecular formula is C25H26ClF2NO6. The van der Waals surface area contributed by atoms with Gasteiger partial charge in [0.25, 0.3) is 5.91 Å². The summed E-state index contributed by atoms with van der Waals surface area (Å²) in [4.78, 5) is 26.1. The molecule has 2 aromatic rings. The van der Waals surface area contributed by atoms with Crippen molar-refractivity contribution in [2.45, 2.75) is 50.9 Å². The Morgan fingerprint density at radius 1 is 1.14 bits per heavy atom. The van der Waals surface area contributed by atoms with Crippen LogP contribution in [0.3, 0.4) is 0 Å². The summed E-state index contributed by atoms with van der Waals surface area (Å²) in [5, 5.41) is 3.07. The van der Waals surface area contributed by atoms with Crippen molar-refractivity contribution in [3.05, 3.63) is 40.9 Å². The van der Waals surface area contributed by atoms with E-state index in [1.807, 2.05) is 0 Å². The van der Waals surface area contributed by atoms with Crippen LogP contribution >= 0.6 is 11.6 Å². The fraction of sp³-hybridized carbons (Fsp3) is 0.440. The molecule has 1 heterocycles. The molecule has 1 aliphatic heterocycles. The number of nitrogens with one attached hydrogen (secondary N) is 1. The Kier molecular flexibility index (Phi) is 6.81. The lowest BCUT2D eigenvalue weighted by Gasteiger charge is -2.38. The third-order valence-corrected chi connectivity index (χ3v) is 6.99. The first kappa shape index (κ1) is 25.0. The Morgan fingerprint density at radius 3 is 2.46 bits per heavy atom. The summed E-state index contributed by atoms with van der Waals surface area (Å²) in [5.41, 5.74) is -0.584. The van der Waals surface area contributed by atoms with Gasteiger partial charge < -0.3 is 24.3 Å². The third kappa shape index (κ3) is 4.87. The van der Waals surface area contributed by atoms with Crippen LogP contribution in [0.1, 0.15) is 49.4 Å². The van der Waals surface area contributed by atoms with Crippen molar-refractivity contribution < 1.29 is 37.3 Å². The van der Waals surface area contributed by atoms with E-state index in [0.717, 1.165) is 19.3 Å². The number of methoxy groups -OCH3 is 2. The molecule has 1 saturated carbocycles. The maximum absolute atomic E-state index is 14.0. The number of esters is 1. The molecular weight excluding hydrogens is 484 g/mol. The molecule has 4 rings (SSSR count). The molecule has 7 nitrogen and oxygen atoms in total. The van der Waals surface area contributed by atoms with Gasteiger partial charge in [0.05, 0.1) is 19.2 Å². The molecule has 0 radical (unpaired) electrons. The molecule has 2 aromatic carbocycles. The summed E-state index contributed by atoms with van der Waals surface area (Å²) in [5.74, 6) is -0.817. The molecule has 0 saturated heterocycles. The predicted octanol–water partition coefficient (Wildman–Crippen LogP) is 5.58. The molecule has 1 aliphatic carbocycles. The summed E-state index contributed by atoms with van der Waals surface area (Å²) in [6.07, 6.45) is -0.547. The van der Waals surface area contributed by atoms with Crippen molar-refractivity contribution in [3.63, 3.8) is 0 Å². The lowest BCUT2D eigenvalue weighted by atomic mass is 9.75. The van der Waals surface area contributed by atoms with Crippen LogP contribution in [0.5, 0.6) is 17.2 Å². The zero-order chi connectivity index (χ0) is 25.4. The van der Waals surface area contributed by atoms with Gasteiger partial charge in [-0.3, -0.25) is 4.79 Å². The maximum Gasteiger partial charge on any atom is 0.586 e. The number of rotatable bonds is 6. The number of carbonyl (C=O) groups is 2. The van der Waals surface area contributed by atoms with Crippen LogP contribution in [0.25, 0.3) is 11.1 Å². The number of hydrogen-bond donors (Lipinski definition) is 1. The minimum absolute atomic E-state index is 0.0212. The van der Waals surface area contributed by atoms with Gasteiger partial charge in [0.2, 0.25) is 0 Å². The van der Waals surface area contributed by atoms with E-state index in [-0.39, 0.29) is 27.6 Å². The highest BCUT2D eigenvalue weighted by Gasteiger charge is 2.47. The molecule has 0 atom stereocenters. The van der Waals surface area contributed by atoms with E-state index in [2.05, 4.69) is 17.0 Å². The molecule has 188 valence electrons. The molecule has 1 fully saturated rings. The van der Waals surface area contributed by atoms with Crippen LogP contribution in [0.15, 0.2) is 30.3 Å². The molecule has 10 heteroatoms. The second-order valence-electron chi connectivity index (χ2n) is 8.75. The van der Waals surface area contributed by atoms with E-state index in [1.54, 1.807) is 12.1 Å². The second kappa shape index (κ2) is 9.53. The highest BCUT2D eigenvalue weighted by atomic mass is 35.5. The van der Waals surface area contributed by atoms with Crippen LogP contribution in [0, 0.1) is 5.92 Å². The lowest BCUT2D eigenvalue weighted by molar-refractivity contribution is -0.286. The van der Waals surface area contributed by atoms with Crippen molar-refractivity contribution in [1.29, 1.82) is 0 Å². The summed E-state index contributed by atoms with van der Waals surface area (Å²) in [6.45, 7) is 2.09. The zero-order valence-electron chi connectivity index (χ0n) is 19.6. The van der Waals surface area contributed by atoms with Crippen LogP contribution in [-0.2, 0) is 9.53 Å². The van der Waals surface area contributed by atoms with Crippen molar-refractivity contribution in [2.24, 2.45) is 5.92 Å². The van der Waals surface area contributed by atoms with Gasteiger partial charge in [0.15, 0.2) is 11.5 Å². The monoisotopic (exact) mass is 509 g/mol. The second-order valence-corrected chi connectivity index (χ2v) is 9.15. The van der Waals surface area contributed by atoms with Gasteiger partial charge in [0.1, 0.15) is 11.3 Å². The Labute approximate surface area is 206 Å². The largest absolute Gasteiger partial charge is 0.586 e. The minimum atomic E-state index is -3.89. The average Bonchev–Trinajstić information content (AvgIpc) is 3.16. The fourth-order valence-electron chi connectivity index (χ4n) is 4.67. The highest BCUT2D eigenvalue weighted by Crippen LogP contribution is 2.49. The first-order valence-electron chi connectivity index (χ1n) is 11.3.